The highest BCUT2D eigenvalue weighted by Gasteiger charge is 2.47. The van der Waals surface area contributed by atoms with Gasteiger partial charge in [-0.15, -0.1) is 0 Å². The van der Waals surface area contributed by atoms with Gasteiger partial charge in [0.2, 0.25) is 17.6 Å². The van der Waals surface area contributed by atoms with Crippen molar-refractivity contribution in [3.05, 3.63) is 0 Å². The number of carbonyl (C=O) groups excluding carboxylic acids is 6. The van der Waals surface area contributed by atoms with Gasteiger partial charge in [0.15, 0.2) is 0 Å². The lowest BCUT2D eigenvalue weighted by atomic mass is 9.85. The van der Waals surface area contributed by atoms with E-state index in [9.17, 15) is 41.9 Å². The number of Topliss-reactive ketones (excluding diaryl/α,β-unsaturated/α-hetero) is 1. The molecular weight excluding hydrogens is 611 g/mol. The Morgan fingerprint density at radius 3 is 1.93 bits per heavy atom. The van der Waals surface area contributed by atoms with Crippen LogP contribution in [-0.2, 0) is 28.7 Å². The Morgan fingerprint density at radius 2 is 1.48 bits per heavy atom. The number of esters is 1. The lowest BCUT2D eigenvalue weighted by Crippen LogP contribution is -2.60. The van der Waals surface area contributed by atoms with Crippen LogP contribution in [0.5, 0.6) is 0 Å². The fourth-order valence-electron chi connectivity index (χ4n) is 4.77. The molecule has 3 aliphatic carbocycles. The highest BCUT2D eigenvalue weighted by Crippen LogP contribution is 2.43. The molecule has 3 atom stereocenters. The summed E-state index contributed by atoms with van der Waals surface area (Å²) in [6.45, 7) is 9.66. The molecule has 46 heavy (non-hydrogen) atoms. The van der Waals surface area contributed by atoms with Gasteiger partial charge in [-0.2, -0.15) is 13.2 Å². The van der Waals surface area contributed by atoms with Gasteiger partial charge in [-0.1, -0.05) is 47.5 Å². The maximum Gasteiger partial charge on any atom is 0.391 e. The minimum Gasteiger partial charge on any atom is -0.464 e. The molecule has 5 N–H and O–H groups in total. The average molecular weight is 662 g/mol. The Kier molecular flexibility index (Phi) is 14.3. The smallest absolute Gasteiger partial charge is 0.391 e. The average Bonchev–Trinajstić information content (AvgIpc) is 3.83. The summed E-state index contributed by atoms with van der Waals surface area (Å²) < 4.78 is 38.8. The van der Waals surface area contributed by atoms with E-state index < -0.39 is 71.1 Å². The molecule has 1 heterocycles. The summed E-state index contributed by atoms with van der Waals surface area (Å²) in [7, 11) is 0. The van der Waals surface area contributed by atoms with Crippen molar-refractivity contribution in [1.82, 2.24) is 20.9 Å². The third-order valence-corrected chi connectivity index (χ3v) is 7.98. The van der Waals surface area contributed by atoms with Gasteiger partial charge < -0.3 is 31.3 Å². The van der Waals surface area contributed by atoms with Gasteiger partial charge in [-0.3, -0.25) is 24.0 Å². The van der Waals surface area contributed by atoms with Crippen LogP contribution >= 0.6 is 0 Å². The predicted molar refractivity (Wildman–Crippen MR) is 162 cm³/mol. The Hall–Kier alpha value is -3.39. The number of amides is 5. The van der Waals surface area contributed by atoms with E-state index in [2.05, 4.69) is 16.0 Å². The second kappa shape index (κ2) is 17.0. The van der Waals surface area contributed by atoms with Crippen LogP contribution in [0.1, 0.15) is 92.4 Å². The number of hydrogen-bond acceptors (Lipinski definition) is 7. The fraction of sp³-hybridized carbons (Fsp3) is 0.806. The van der Waals surface area contributed by atoms with Crippen LogP contribution in [0.2, 0.25) is 0 Å². The molecule has 5 amide bonds. The highest BCUT2D eigenvalue weighted by molar-refractivity contribution is 6.37. The first-order valence-electron chi connectivity index (χ1n) is 16.2. The molecule has 1 aliphatic heterocycles. The molecular formula is C31H50F3N5O7. The number of urea groups is 1. The number of primary amides is 1. The summed E-state index contributed by atoms with van der Waals surface area (Å²) in [6, 6.07) is -3.55. The Morgan fingerprint density at radius 1 is 0.891 bits per heavy atom. The first-order valence-corrected chi connectivity index (χ1v) is 16.2. The van der Waals surface area contributed by atoms with Crippen molar-refractivity contribution in [3.63, 3.8) is 0 Å². The van der Waals surface area contributed by atoms with E-state index in [1.807, 2.05) is 13.8 Å². The van der Waals surface area contributed by atoms with Gasteiger partial charge in [0, 0.05) is 6.54 Å². The summed E-state index contributed by atoms with van der Waals surface area (Å²) in [4.78, 5) is 76.2. The predicted octanol–water partition coefficient (Wildman–Crippen LogP) is 2.97. The molecule has 0 radical (unpaired) electrons. The van der Waals surface area contributed by atoms with Crippen molar-refractivity contribution in [2.75, 3.05) is 19.7 Å². The third-order valence-electron chi connectivity index (χ3n) is 7.98. The number of halogens is 3. The SMILES string of the molecule is CC.CC(C)(C)C(NC(=O)NCC(=O)OCC1CC1)C(=O)N1CCCC1C(=O)NC(CC1CC1)C(=O)C(N)=O.FC(F)(F)C1CC1. The van der Waals surface area contributed by atoms with E-state index in [4.69, 9.17) is 10.5 Å². The molecule has 4 rings (SSSR count). The van der Waals surface area contributed by atoms with Crippen LogP contribution in [0.4, 0.5) is 18.0 Å². The van der Waals surface area contributed by atoms with Crippen LogP contribution in [0.25, 0.3) is 0 Å². The number of alkyl halides is 3. The number of likely N-dealkylation sites (tertiary alicyclic amines) is 1. The van der Waals surface area contributed by atoms with E-state index >= 15 is 0 Å². The van der Waals surface area contributed by atoms with Crippen LogP contribution < -0.4 is 21.7 Å². The van der Waals surface area contributed by atoms with Crippen molar-refractivity contribution < 1.29 is 46.7 Å². The molecule has 4 fully saturated rings. The zero-order valence-electron chi connectivity index (χ0n) is 27.5. The molecule has 12 nitrogen and oxygen atoms in total. The topological polar surface area (TPSA) is 177 Å². The lowest BCUT2D eigenvalue weighted by Gasteiger charge is -2.35. The molecule has 0 spiro atoms. The van der Waals surface area contributed by atoms with Crippen molar-refractivity contribution in [2.45, 2.75) is 117 Å². The number of rotatable bonds is 12. The summed E-state index contributed by atoms with van der Waals surface area (Å²) >= 11 is 0. The number of hydrogen-bond donors (Lipinski definition) is 4. The summed E-state index contributed by atoms with van der Waals surface area (Å²) in [5, 5.41) is 7.70. The number of nitrogens with two attached hydrogens (primary N) is 1. The second-order valence-electron chi connectivity index (χ2n) is 13.2. The zero-order valence-corrected chi connectivity index (χ0v) is 27.5. The Balaban J connectivity index is 0.000000711. The highest BCUT2D eigenvalue weighted by atomic mass is 19.4. The zero-order chi connectivity index (χ0) is 34.8. The van der Waals surface area contributed by atoms with E-state index in [0.29, 0.717) is 51.2 Å². The van der Waals surface area contributed by atoms with Gasteiger partial charge in [-0.25, -0.2) is 4.79 Å². The molecule has 1 saturated heterocycles. The van der Waals surface area contributed by atoms with Crippen molar-refractivity contribution in [3.8, 4) is 0 Å². The minimum absolute atomic E-state index is 0.258. The molecule has 262 valence electrons. The molecule has 0 bridgehead atoms. The largest absolute Gasteiger partial charge is 0.464 e. The van der Waals surface area contributed by atoms with Crippen LogP contribution in [-0.4, -0.2) is 84.4 Å². The molecule has 3 unspecified atom stereocenters. The van der Waals surface area contributed by atoms with Gasteiger partial charge in [0.1, 0.15) is 18.6 Å². The maximum atomic E-state index is 13.6. The Bertz CT molecular complexity index is 1100. The first kappa shape index (κ1) is 38.8. The Labute approximate surface area is 268 Å². The minimum atomic E-state index is -3.89. The number of carbonyl (C=O) groups is 6. The summed E-state index contributed by atoms with van der Waals surface area (Å²) in [5.41, 5.74) is 4.46. The molecule has 0 aromatic rings. The fourth-order valence-corrected chi connectivity index (χ4v) is 4.77. The molecule has 0 aromatic carbocycles. The van der Waals surface area contributed by atoms with E-state index in [1.54, 1.807) is 20.8 Å². The van der Waals surface area contributed by atoms with Gasteiger partial charge in [-0.05, 0) is 62.2 Å². The number of nitrogens with one attached hydrogen (secondary N) is 3. The van der Waals surface area contributed by atoms with Crippen LogP contribution in [0.3, 0.4) is 0 Å². The van der Waals surface area contributed by atoms with Gasteiger partial charge in [0.25, 0.3) is 5.91 Å². The molecule has 3 saturated carbocycles. The summed E-state index contributed by atoms with van der Waals surface area (Å²) in [6.07, 6.45) is 2.02. The van der Waals surface area contributed by atoms with Gasteiger partial charge >= 0.3 is 18.2 Å². The third kappa shape index (κ3) is 13.1. The standard InChI is InChI=1S/C25H39N5O7.C4H5F3.C2H6/c1-25(2,3)20(29-24(36)27-12-18(31)37-13-15-8-9-15)23(35)30-10-4-5-17(30)22(34)28-16(11-14-6-7-14)19(32)21(26)33;5-4(6,7)3-1-2-3;1-2/h14-17,20H,4-13H2,1-3H3,(H2,26,33)(H,28,34)(H2,27,29,36);3H,1-2H2;1-2H3. The van der Waals surface area contributed by atoms with Gasteiger partial charge in [0.05, 0.1) is 18.6 Å². The van der Waals surface area contributed by atoms with E-state index in [1.165, 1.54) is 4.90 Å². The van der Waals surface area contributed by atoms with Crippen LogP contribution in [0.15, 0.2) is 0 Å². The van der Waals surface area contributed by atoms with Crippen molar-refractivity contribution >= 4 is 35.5 Å². The second-order valence-corrected chi connectivity index (χ2v) is 13.2. The summed E-state index contributed by atoms with van der Waals surface area (Å²) in [5.74, 6) is -3.77. The number of ketones is 1. The molecule has 4 aliphatic rings. The molecule has 15 heteroatoms. The monoisotopic (exact) mass is 661 g/mol. The number of nitrogens with zero attached hydrogens (tertiary/aromatic N) is 1. The van der Waals surface area contributed by atoms with E-state index in [0.717, 1.165) is 25.7 Å². The van der Waals surface area contributed by atoms with Crippen molar-refractivity contribution in [1.29, 1.82) is 0 Å². The van der Waals surface area contributed by atoms with E-state index in [-0.39, 0.29) is 12.5 Å². The first-order chi connectivity index (χ1) is 21.5. The van der Waals surface area contributed by atoms with Crippen LogP contribution in [0, 0.1) is 23.2 Å². The quantitative estimate of drug-likeness (QED) is 0.184. The number of ether oxygens (including phenoxy) is 1. The normalized spacial score (nSPS) is 20.4. The lowest BCUT2D eigenvalue weighted by molar-refractivity contribution is -0.147. The van der Waals surface area contributed by atoms with Crippen molar-refractivity contribution in [2.24, 2.45) is 28.9 Å². The maximum absolute atomic E-state index is 13.6. The molecule has 0 aromatic heterocycles.